The molecular formula is C11H11BrFNO. The Kier molecular flexibility index (Phi) is 3.17. The lowest BCUT2D eigenvalue weighted by atomic mass is 9.97. The van der Waals surface area contributed by atoms with Crippen molar-refractivity contribution < 1.29 is 9.18 Å². The van der Waals surface area contributed by atoms with Crippen molar-refractivity contribution in [2.24, 2.45) is 5.92 Å². The molecule has 1 aromatic rings. The van der Waals surface area contributed by atoms with Gasteiger partial charge in [0.25, 0.3) is 0 Å². The Morgan fingerprint density at radius 3 is 3.00 bits per heavy atom. The van der Waals surface area contributed by atoms with Crippen molar-refractivity contribution in [1.29, 1.82) is 0 Å². The Morgan fingerprint density at radius 1 is 1.53 bits per heavy atom. The van der Waals surface area contributed by atoms with Crippen LogP contribution in [0.3, 0.4) is 0 Å². The molecule has 0 aliphatic carbocycles. The highest BCUT2D eigenvalue weighted by molar-refractivity contribution is 9.10. The molecular weight excluding hydrogens is 261 g/mol. The molecule has 1 fully saturated rings. The normalized spacial score (nSPS) is 20.5. The summed E-state index contributed by atoms with van der Waals surface area (Å²) in [7, 11) is 0. The summed E-state index contributed by atoms with van der Waals surface area (Å²) in [6, 6.07) is 4.47. The predicted octanol–water partition coefficient (Wildman–Crippen LogP) is 2.38. The lowest BCUT2D eigenvalue weighted by Crippen LogP contribution is -2.18. The zero-order chi connectivity index (χ0) is 10.8. The van der Waals surface area contributed by atoms with Gasteiger partial charge in [-0.05, 0) is 31.2 Å². The van der Waals surface area contributed by atoms with Crippen LogP contribution in [0.15, 0.2) is 22.7 Å². The molecule has 1 aliphatic rings. The Labute approximate surface area is 96.0 Å². The minimum absolute atomic E-state index is 0.0752. The average molecular weight is 272 g/mol. The molecule has 1 unspecified atom stereocenters. The largest absolute Gasteiger partial charge is 0.316 e. The molecule has 0 radical (unpaired) electrons. The van der Waals surface area contributed by atoms with Crippen molar-refractivity contribution in [3.05, 3.63) is 34.1 Å². The number of rotatable bonds is 2. The van der Waals surface area contributed by atoms with E-state index in [-0.39, 0.29) is 17.3 Å². The quantitative estimate of drug-likeness (QED) is 0.837. The Bertz CT molecular complexity index is 388. The van der Waals surface area contributed by atoms with Crippen molar-refractivity contribution >= 4 is 21.7 Å². The molecule has 1 saturated heterocycles. The van der Waals surface area contributed by atoms with Gasteiger partial charge in [0.2, 0.25) is 0 Å². The zero-order valence-electron chi connectivity index (χ0n) is 8.09. The highest BCUT2D eigenvalue weighted by Crippen LogP contribution is 2.21. The second kappa shape index (κ2) is 4.41. The smallest absolute Gasteiger partial charge is 0.170 e. The van der Waals surface area contributed by atoms with Gasteiger partial charge in [-0.1, -0.05) is 15.9 Å². The second-order valence-electron chi connectivity index (χ2n) is 3.68. The van der Waals surface area contributed by atoms with Gasteiger partial charge in [0.05, 0.1) is 5.56 Å². The summed E-state index contributed by atoms with van der Waals surface area (Å²) >= 11 is 3.24. The SMILES string of the molecule is O=C(c1cc(Br)ccc1F)C1CCNC1. The van der Waals surface area contributed by atoms with Gasteiger partial charge in [-0.3, -0.25) is 4.79 Å². The molecule has 80 valence electrons. The summed E-state index contributed by atoms with van der Waals surface area (Å²) in [5.74, 6) is -0.609. The molecule has 0 saturated carbocycles. The van der Waals surface area contributed by atoms with Gasteiger partial charge in [-0.25, -0.2) is 4.39 Å². The van der Waals surface area contributed by atoms with Gasteiger partial charge < -0.3 is 5.32 Å². The van der Waals surface area contributed by atoms with E-state index in [1.165, 1.54) is 6.07 Å². The van der Waals surface area contributed by atoms with Crippen LogP contribution in [0.4, 0.5) is 4.39 Å². The fraction of sp³-hybridized carbons (Fsp3) is 0.364. The van der Waals surface area contributed by atoms with E-state index in [1.54, 1.807) is 12.1 Å². The summed E-state index contributed by atoms with van der Waals surface area (Å²) in [5.41, 5.74) is 0.193. The van der Waals surface area contributed by atoms with Gasteiger partial charge in [0, 0.05) is 16.9 Å². The number of benzene rings is 1. The van der Waals surface area contributed by atoms with Crippen LogP contribution in [0.1, 0.15) is 16.8 Å². The first-order valence-corrected chi connectivity index (χ1v) is 5.68. The summed E-state index contributed by atoms with van der Waals surface area (Å²) in [6.07, 6.45) is 0.796. The second-order valence-corrected chi connectivity index (χ2v) is 4.59. The number of carbonyl (C=O) groups is 1. The Balaban J connectivity index is 2.27. The van der Waals surface area contributed by atoms with Crippen molar-refractivity contribution in [2.45, 2.75) is 6.42 Å². The standard InChI is InChI=1S/C11H11BrFNO/c12-8-1-2-10(13)9(5-8)11(15)7-3-4-14-6-7/h1-2,5,7,14H,3-4,6H2. The maximum Gasteiger partial charge on any atom is 0.170 e. The van der Waals surface area contributed by atoms with Crippen molar-refractivity contribution in [3.8, 4) is 0 Å². The number of hydrogen-bond acceptors (Lipinski definition) is 2. The average Bonchev–Trinajstić information content (AvgIpc) is 2.74. The molecule has 2 nitrogen and oxygen atoms in total. The maximum absolute atomic E-state index is 13.4. The molecule has 0 bridgehead atoms. The molecule has 1 heterocycles. The lowest BCUT2D eigenvalue weighted by molar-refractivity contribution is 0.0926. The van der Waals surface area contributed by atoms with E-state index in [2.05, 4.69) is 21.2 Å². The minimum atomic E-state index is -0.435. The van der Waals surface area contributed by atoms with Crippen molar-refractivity contribution in [2.75, 3.05) is 13.1 Å². The molecule has 4 heteroatoms. The van der Waals surface area contributed by atoms with Gasteiger partial charge >= 0.3 is 0 Å². The number of ketones is 1. The third-order valence-corrected chi connectivity index (χ3v) is 3.12. The first-order chi connectivity index (χ1) is 7.18. The molecule has 0 aromatic heterocycles. The van der Waals surface area contributed by atoms with Crippen LogP contribution in [0.5, 0.6) is 0 Å². The Hall–Kier alpha value is -0.740. The van der Waals surface area contributed by atoms with E-state index in [4.69, 9.17) is 0 Å². The van der Waals surface area contributed by atoms with Crippen LogP contribution in [-0.4, -0.2) is 18.9 Å². The minimum Gasteiger partial charge on any atom is -0.316 e. The van der Waals surface area contributed by atoms with E-state index < -0.39 is 5.82 Å². The summed E-state index contributed by atoms with van der Waals surface area (Å²) in [4.78, 5) is 11.9. The molecule has 1 N–H and O–H groups in total. The number of carbonyl (C=O) groups excluding carboxylic acids is 1. The van der Waals surface area contributed by atoms with Gasteiger partial charge in [-0.15, -0.1) is 0 Å². The van der Waals surface area contributed by atoms with E-state index in [9.17, 15) is 9.18 Å². The highest BCUT2D eigenvalue weighted by Gasteiger charge is 2.25. The van der Waals surface area contributed by atoms with Gasteiger partial charge in [0.15, 0.2) is 5.78 Å². The van der Waals surface area contributed by atoms with E-state index in [1.807, 2.05) is 0 Å². The van der Waals surface area contributed by atoms with Crippen LogP contribution in [0.25, 0.3) is 0 Å². The lowest BCUT2D eigenvalue weighted by Gasteiger charge is -2.08. The highest BCUT2D eigenvalue weighted by atomic mass is 79.9. The third-order valence-electron chi connectivity index (χ3n) is 2.62. The maximum atomic E-state index is 13.4. The molecule has 1 atom stereocenters. The zero-order valence-corrected chi connectivity index (χ0v) is 9.68. The monoisotopic (exact) mass is 271 g/mol. The first-order valence-electron chi connectivity index (χ1n) is 4.88. The number of nitrogens with one attached hydrogen (secondary N) is 1. The molecule has 2 rings (SSSR count). The first kappa shape index (κ1) is 10.8. The molecule has 0 spiro atoms. The number of hydrogen-bond donors (Lipinski definition) is 1. The molecule has 0 amide bonds. The van der Waals surface area contributed by atoms with E-state index in [0.717, 1.165) is 17.4 Å². The van der Waals surface area contributed by atoms with E-state index >= 15 is 0 Å². The van der Waals surface area contributed by atoms with Crippen LogP contribution in [0, 0.1) is 11.7 Å². The summed E-state index contributed by atoms with van der Waals surface area (Å²) < 4.78 is 14.1. The van der Waals surface area contributed by atoms with Crippen molar-refractivity contribution in [1.82, 2.24) is 5.32 Å². The van der Waals surface area contributed by atoms with Gasteiger partial charge in [-0.2, -0.15) is 0 Å². The topological polar surface area (TPSA) is 29.1 Å². The Morgan fingerprint density at radius 2 is 2.33 bits per heavy atom. The number of halogens is 2. The molecule has 1 aliphatic heterocycles. The fourth-order valence-corrected chi connectivity index (χ4v) is 2.15. The fourth-order valence-electron chi connectivity index (χ4n) is 1.78. The summed E-state index contributed by atoms with van der Waals surface area (Å²) in [6.45, 7) is 1.50. The molecule has 15 heavy (non-hydrogen) atoms. The van der Waals surface area contributed by atoms with Crippen LogP contribution in [0.2, 0.25) is 0 Å². The molecule has 1 aromatic carbocycles. The summed E-state index contributed by atoms with van der Waals surface area (Å²) in [5, 5.41) is 3.10. The van der Waals surface area contributed by atoms with Crippen molar-refractivity contribution in [3.63, 3.8) is 0 Å². The van der Waals surface area contributed by atoms with Crippen LogP contribution in [-0.2, 0) is 0 Å². The third kappa shape index (κ3) is 2.26. The number of Topliss-reactive ketones (excluding diaryl/α,β-unsaturated/α-hetero) is 1. The predicted molar refractivity (Wildman–Crippen MR) is 59.4 cm³/mol. The van der Waals surface area contributed by atoms with Crippen LogP contribution >= 0.6 is 15.9 Å². The van der Waals surface area contributed by atoms with Gasteiger partial charge in [0.1, 0.15) is 5.82 Å². The van der Waals surface area contributed by atoms with Crippen LogP contribution < -0.4 is 5.32 Å². The van der Waals surface area contributed by atoms with E-state index in [0.29, 0.717) is 6.54 Å².